The van der Waals surface area contributed by atoms with Crippen LogP contribution in [0, 0.1) is 11.3 Å². The van der Waals surface area contributed by atoms with Gasteiger partial charge in [-0.3, -0.25) is 4.79 Å². The van der Waals surface area contributed by atoms with Crippen LogP contribution in [-0.2, 0) is 16.0 Å². The molecule has 0 bridgehead atoms. The number of carbonyl (C=O) groups excluding carboxylic acids is 1. The molecule has 132 valence electrons. The van der Waals surface area contributed by atoms with Crippen molar-refractivity contribution in [3.05, 3.63) is 23.3 Å². The Labute approximate surface area is 136 Å². The van der Waals surface area contributed by atoms with Gasteiger partial charge in [-0.1, -0.05) is 0 Å². The van der Waals surface area contributed by atoms with Gasteiger partial charge in [0.25, 0.3) is 0 Å². The molecule has 24 heavy (non-hydrogen) atoms. The van der Waals surface area contributed by atoms with Crippen LogP contribution in [0.25, 0.3) is 0 Å². The lowest BCUT2D eigenvalue weighted by molar-refractivity contribution is -0.275. The highest BCUT2D eigenvalue weighted by Crippen LogP contribution is 2.42. The average Bonchev–Trinajstić information content (AvgIpc) is 2.39. The lowest BCUT2D eigenvalue weighted by Gasteiger charge is -2.16. The molecule has 0 aliphatic carbocycles. The number of nitriles is 1. The molecule has 11 heteroatoms. The largest absolute Gasteiger partial charge is 0.573 e. The quantitative estimate of drug-likeness (QED) is 0.440. The van der Waals surface area contributed by atoms with Crippen LogP contribution in [0.3, 0.4) is 0 Å². The minimum atomic E-state index is -5.14. The second kappa shape index (κ2) is 7.65. The highest BCUT2D eigenvalue weighted by Gasteiger charge is 2.35. The zero-order chi connectivity index (χ0) is 18.5. The number of rotatable bonds is 5. The van der Waals surface area contributed by atoms with E-state index in [-0.39, 0.29) is 6.61 Å². The summed E-state index contributed by atoms with van der Waals surface area (Å²) in [5.74, 6) is -1.94. The van der Waals surface area contributed by atoms with Gasteiger partial charge in [0.05, 0.1) is 18.6 Å². The van der Waals surface area contributed by atoms with E-state index in [1.54, 1.807) is 0 Å². The van der Waals surface area contributed by atoms with Gasteiger partial charge in [-0.25, -0.2) is 0 Å². The second-order valence-electron chi connectivity index (χ2n) is 4.10. The number of nitrogens with zero attached hydrogens (tertiary/aromatic N) is 1. The van der Waals surface area contributed by atoms with Crippen molar-refractivity contribution in [3.63, 3.8) is 0 Å². The molecule has 0 spiro atoms. The van der Waals surface area contributed by atoms with Crippen molar-refractivity contribution in [3.8, 4) is 11.8 Å². The predicted molar refractivity (Wildman–Crippen MR) is 70.1 cm³/mol. The molecule has 0 aromatic heterocycles. The van der Waals surface area contributed by atoms with Crippen LogP contribution in [0.1, 0.15) is 18.1 Å². The van der Waals surface area contributed by atoms with E-state index in [9.17, 15) is 31.1 Å². The molecular weight excluding hydrogens is 364 g/mol. The molecule has 0 saturated heterocycles. The summed E-state index contributed by atoms with van der Waals surface area (Å²) < 4.78 is 83.0. The van der Waals surface area contributed by atoms with E-state index in [1.807, 2.05) is 0 Å². The number of ether oxygens (including phenoxy) is 2. The maximum Gasteiger partial charge on any atom is 0.573 e. The van der Waals surface area contributed by atoms with E-state index in [0.29, 0.717) is 12.1 Å². The van der Waals surface area contributed by atoms with E-state index in [2.05, 4.69) is 9.47 Å². The Morgan fingerprint density at radius 1 is 1.25 bits per heavy atom. The normalized spacial score (nSPS) is 11.8. The second-order valence-corrected chi connectivity index (χ2v) is 5.21. The number of hydrogen-bond acceptors (Lipinski definition) is 5. The topological polar surface area (TPSA) is 59.3 Å². The van der Waals surface area contributed by atoms with Crippen LogP contribution in [0.2, 0.25) is 0 Å². The number of hydrogen-bond donors (Lipinski definition) is 0. The monoisotopic (exact) mass is 373 g/mol. The van der Waals surface area contributed by atoms with E-state index in [4.69, 9.17) is 5.26 Å². The molecule has 1 aromatic rings. The third-order valence-corrected chi connectivity index (χ3v) is 3.21. The fourth-order valence-electron chi connectivity index (χ4n) is 1.69. The van der Waals surface area contributed by atoms with Crippen molar-refractivity contribution in [1.29, 1.82) is 5.26 Å². The van der Waals surface area contributed by atoms with Gasteiger partial charge in [0.1, 0.15) is 11.8 Å². The molecule has 0 fully saturated rings. The molecule has 0 amide bonds. The van der Waals surface area contributed by atoms with E-state index >= 15 is 0 Å². The molecule has 0 N–H and O–H groups in total. The van der Waals surface area contributed by atoms with Gasteiger partial charge in [0, 0.05) is 10.5 Å². The van der Waals surface area contributed by atoms with Crippen LogP contribution in [-0.4, -0.2) is 24.4 Å². The first-order valence-electron chi connectivity index (χ1n) is 6.20. The maximum atomic E-state index is 12.5. The van der Waals surface area contributed by atoms with E-state index in [0.717, 1.165) is 0 Å². The molecule has 0 atom stereocenters. The van der Waals surface area contributed by atoms with Crippen molar-refractivity contribution >= 4 is 17.7 Å². The number of thioether (sulfide) groups is 1. The fourth-order valence-corrected chi connectivity index (χ4v) is 2.35. The first-order chi connectivity index (χ1) is 11.0. The summed E-state index contributed by atoms with van der Waals surface area (Å²) in [6.45, 7) is 1.35. The van der Waals surface area contributed by atoms with Gasteiger partial charge in [-0.05, 0) is 30.8 Å². The van der Waals surface area contributed by atoms with Crippen LogP contribution >= 0.6 is 11.8 Å². The number of benzene rings is 1. The van der Waals surface area contributed by atoms with Crippen molar-refractivity contribution in [2.45, 2.75) is 30.1 Å². The Bertz CT molecular complexity index is 651. The highest BCUT2D eigenvalue weighted by atomic mass is 32.2. The molecule has 0 aliphatic rings. The van der Waals surface area contributed by atoms with Crippen molar-refractivity contribution in [1.82, 2.24) is 0 Å². The van der Waals surface area contributed by atoms with Crippen LogP contribution in [0.5, 0.6) is 5.75 Å². The maximum absolute atomic E-state index is 12.5. The molecule has 0 heterocycles. The summed E-state index contributed by atoms with van der Waals surface area (Å²) >= 11 is -0.678. The first kappa shape index (κ1) is 20.0. The van der Waals surface area contributed by atoms with E-state index < -0.39 is 57.8 Å². The van der Waals surface area contributed by atoms with Gasteiger partial charge < -0.3 is 9.47 Å². The Morgan fingerprint density at radius 2 is 1.88 bits per heavy atom. The first-order valence-corrected chi connectivity index (χ1v) is 7.01. The van der Waals surface area contributed by atoms with Crippen molar-refractivity contribution in [2.24, 2.45) is 0 Å². The highest BCUT2D eigenvalue weighted by molar-refractivity contribution is 8.00. The zero-order valence-electron chi connectivity index (χ0n) is 11.9. The lowest BCUT2D eigenvalue weighted by Crippen LogP contribution is -2.20. The summed E-state index contributed by atoms with van der Waals surface area (Å²) in [7, 11) is 0. The lowest BCUT2D eigenvalue weighted by atomic mass is 10.0. The van der Waals surface area contributed by atoms with Crippen LogP contribution in [0.4, 0.5) is 26.3 Å². The summed E-state index contributed by atoms with van der Waals surface area (Å²) in [4.78, 5) is 10.9. The number of halogens is 6. The van der Waals surface area contributed by atoms with Gasteiger partial charge in [-0.2, -0.15) is 18.4 Å². The SMILES string of the molecule is CCOC(=O)Cc1c(OC(F)(F)F)ccc(SC(F)(F)F)c1C#N. The fraction of sp³-hybridized carbons (Fsp3) is 0.385. The van der Waals surface area contributed by atoms with Gasteiger partial charge in [0.2, 0.25) is 0 Å². The molecule has 1 rings (SSSR count). The van der Waals surface area contributed by atoms with Gasteiger partial charge in [0.15, 0.2) is 0 Å². The summed E-state index contributed by atoms with van der Waals surface area (Å²) in [5, 5.41) is 9.04. The molecular formula is C13H9F6NO3S. The smallest absolute Gasteiger partial charge is 0.466 e. The summed E-state index contributed by atoms with van der Waals surface area (Å²) in [6.07, 6.45) is -5.98. The summed E-state index contributed by atoms with van der Waals surface area (Å²) in [6, 6.07) is 2.68. The number of carbonyl (C=O) groups is 1. The minimum Gasteiger partial charge on any atom is -0.466 e. The third-order valence-electron chi connectivity index (χ3n) is 2.42. The molecule has 0 unspecified atom stereocenters. The molecule has 4 nitrogen and oxygen atoms in total. The van der Waals surface area contributed by atoms with Crippen molar-refractivity contribution < 1.29 is 40.6 Å². The third kappa shape index (κ3) is 6.19. The Balaban J connectivity index is 3.40. The standard InChI is InChI=1S/C13H9F6NO3S/c1-2-22-11(21)5-7-8(6-20)10(24-13(17,18)19)4-3-9(7)23-12(14,15)16/h3-4H,2,5H2,1H3. The van der Waals surface area contributed by atoms with Gasteiger partial charge in [-0.15, -0.1) is 13.2 Å². The molecule has 1 aromatic carbocycles. The molecule has 0 radical (unpaired) electrons. The Hall–Kier alpha value is -2.09. The summed E-state index contributed by atoms with van der Waals surface area (Å²) in [5.41, 5.74) is -6.12. The molecule has 0 saturated carbocycles. The van der Waals surface area contributed by atoms with Crippen LogP contribution < -0.4 is 4.74 Å². The average molecular weight is 373 g/mol. The zero-order valence-corrected chi connectivity index (χ0v) is 12.7. The van der Waals surface area contributed by atoms with Gasteiger partial charge >= 0.3 is 17.8 Å². The van der Waals surface area contributed by atoms with E-state index in [1.165, 1.54) is 13.0 Å². The number of alkyl halides is 6. The Morgan fingerprint density at radius 3 is 2.33 bits per heavy atom. The predicted octanol–water partition coefficient (Wildman–Crippen LogP) is 4.17. The van der Waals surface area contributed by atoms with Crippen molar-refractivity contribution in [2.75, 3.05) is 6.61 Å². The van der Waals surface area contributed by atoms with Crippen LogP contribution in [0.15, 0.2) is 17.0 Å². The molecule has 0 aliphatic heterocycles. The number of esters is 1. The minimum absolute atomic E-state index is 0.0901. The Kier molecular flexibility index (Phi) is 6.36.